The largest absolute Gasteiger partial charge is 0.497 e. The summed E-state index contributed by atoms with van der Waals surface area (Å²) in [6.45, 7) is 1.51. The number of carbonyl (C=O) groups is 2. The quantitative estimate of drug-likeness (QED) is 0.710. The van der Waals surface area contributed by atoms with Crippen molar-refractivity contribution >= 4 is 11.7 Å². The lowest BCUT2D eigenvalue weighted by Gasteiger charge is -2.25. The zero-order valence-corrected chi connectivity index (χ0v) is 15.9. The van der Waals surface area contributed by atoms with Crippen LogP contribution in [-0.2, 0) is 4.79 Å². The summed E-state index contributed by atoms with van der Waals surface area (Å²) >= 11 is 0. The second kappa shape index (κ2) is 9.36. The maximum Gasteiger partial charge on any atom is 0.223 e. The van der Waals surface area contributed by atoms with Crippen molar-refractivity contribution in [3.63, 3.8) is 0 Å². The molecular weight excluding hydrogens is 338 g/mol. The van der Waals surface area contributed by atoms with Gasteiger partial charge in [-0.3, -0.25) is 9.59 Å². The van der Waals surface area contributed by atoms with Gasteiger partial charge in [-0.15, -0.1) is 0 Å². The summed E-state index contributed by atoms with van der Waals surface area (Å²) in [4.78, 5) is 26.9. The number of hydrogen-bond donors (Lipinski definition) is 0. The van der Waals surface area contributed by atoms with Gasteiger partial charge in [0.1, 0.15) is 5.75 Å². The molecule has 0 spiro atoms. The Bertz CT molecular complexity index is 755. The smallest absolute Gasteiger partial charge is 0.223 e. The van der Waals surface area contributed by atoms with Gasteiger partial charge in [0.25, 0.3) is 0 Å². The molecule has 1 heterocycles. The second-order valence-corrected chi connectivity index (χ2v) is 7.09. The first kappa shape index (κ1) is 19.2. The van der Waals surface area contributed by atoms with Crippen molar-refractivity contribution in [1.29, 1.82) is 0 Å². The Labute approximate surface area is 161 Å². The molecule has 27 heavy (non-hydrogen) atoms. The topological polar surface area (TPSA) is 46.6 Å². The van der Waals surface area contributed by atoms with E-state index in [4.69, 9.17) is 4.74 Å². The van der Waals surface area contributed by atoms with Crippen LogP contribution in [0.4, 0.5) is 0 Å². The van der Waals surface area contributed by atoms with E-state index in [1.807, 2.05) is 35.2 Å². The minimum Gasteiger partial charge on any atom is -0.497 e. The van der Waals surface area contributed by atoms with Gasteiger partial charge >= 0.3 is 0 Å². The van der Waals surface area contributed by atoms with E-state index in [1.165, 1.54) is 5.56 Å². The van der Waals surface area contributed by atoms with E-state index >= 15 is 0 Å². The molecule has 0 N–H and O–H groups in total. The molecule has 0 radical (unpaired) electrons. The van der Waals surface area contributed by atoms with Crippen molar-refractivity contribution in [2.24, 2.45) is 0 Å². The highest BCUT2D eigenvalue weighted by Gasteiger charge is 2.23. The van der Waals surface area contributed by atoms with Crippen LogP contribution in [0.2, 0.25) is 0 Å². The summed E-state index contributed by atoms with van der Waals surface area (Å²) in [5, 5.41) is 0. The third-order valence-electron chi connectivity index (χ3n) is 5.27. The van der Waals surface area contributed by atoms with Gasteiger partial charge in [-0.1, -0.05) is 48.9 Å². The van der Waals surface area contributed by atoms with Gasteiger partial charge in [0, 0.05) is 37.4 Å². The minimum absolute atomic E-state index is 0.0328. The number of ether oxygens (including phenoxy) is 1. The van der Waals surface area contributed by atoms with Crippen LogP contribution in [0.3, 0.4) is 0 Å². The number of ketones is 1. The van der Waals surface area contributed by atoms with Crippen LogP contribution in [0, 0.1) is 0 Å². The number of Topliss-reactive ketones (excluding diaryl/α,β-unsaturated/α-hetero) is 1. The molecule has 1 aliphatic rings. The number of methoxy groups -OCH3 is 1. The van der Waals surface area contributed by atoms with Crippen LogP contribution in [0.15, 0.2) is 54.6 Å². The normalized spacial score (nSPS) is 17.2. The van der Waals surface area contributed by atoms with Crippen molar-refractivity contribution in [1.82, 2.24) is 4.90 Å². The molecule has 1 atom stereocenters. The van der Waals surface area contributed by atoms with Crippen LogP contribution >= 0.6 is 0 Å². The molecule has 0 aliphatic carbocycles. The van der Waals surface area contributed by atoms with E-state index in [2.05, 4.69) is 12.1 Å². The van der Waals surface area contributed by atoms with E-state index < -0.39 is 0 Å². The molecule has 142 valence electrons. The molecule has 1 amide bonds. The first-order valence-corrected chi connectivity index (χ1v) is 9.67. The molecule has 0 bridgehead atoms. The van der Waals surface area contributed by atoms with E-state index in [9.17, 15) is 9.59 Å². The van der Waals surface area contributed by atoms with Gasteiger partial charge in [-0.2, -0.15) is 0 Å². The lowest BCUT2D eigenvalue weighted by atomic mass is 9.94. The van der Waals surface area contributed by atoms with Gasteiger partial charge < -0.3 is 9.64 Å². The number of likely N-dealkylation sites (tertiary alicyclic amines) is 1. The molecule has 1 aliphatic heterocycles. The summed E-state index contributed by atoms with van der Waals surface area (Å²) < 4.78 is 5.23. The summed E-state index contributed by atoms with van der Waals surface area (Å²) in [6.07, 6.45) is 3.77. The van der Waals surface area contributed by atoms with Crippen LogP contribution in [0.5, 0.6) is 5.75 Å². The van der Waals surface area contributed by atoms with Crippen LogP contribution in [-0.4, -0.2) is 36.8 Å². The molecule has 1 saturated heterocycles. The Balaban J connectivity index is 1.59. The molecule has 1 unspecified atom stereocenters. The van der Waals surface area contributed by atoms with E-state index in [0.717, 1.165) is 38.1 Å². The van der Waals surface area contributed by atoms with Gasteiger partial charge in [0.05, 0.1) is 7.11 Å². The third kappa shape index (κ3) is 5.19. The molecule has 0 aromatic heterocycles. The Morgan fingerprint density at radius 1 is 1.00 bits per heavy atom. The molecule has 4 nitrogen and oxygen atoms in total. The fraction of sp³-hybridized carbons (Fsp3) is 0.391. The lowest BCUT2D eigenvalue weighted by molar-refractivity contribution is -0.131. The van der Waals surface area contributed by atoms with Crippen molar-refractivity contribution in [2.45, 2.75) is 38.0 Å². The van der Waals surface area contributed by atoms with Crippen LogP contribution in [0.25, 0.3) is 0 Å². The standard InChI is InChI=1S/C23H27NO3/c1-27-21-12-10-18(11-13-21)20-9-5-6-16-24(17-20)23(26)15-14-22(25)19-7-3-2-4-8-19/h2-4,7-8,10-13,20H,5-6,9,14-17H2,1H3. The van der Waals surface area contributed by atoms with E-state index in [1.54, 1.807) is 19.2 Å². The monoisotopic (exact) mass is 365 g/mol. The summed E-state index contributed by atoms with van der Waals surface area (Å²) in [5.74, 6) is 1.30. The van der Waals surface area contributed by atoms with Gasteiger partial charge in [-0.25, -0.2) is 0 Å². The Morgan fingerprint density at radius 3 is 2.44 bits per heavy atom. The minimum atomic E-state index is 0.0328. The molecule has 2 aromatic carbocycles. The summed E-state index contributed by atoms with van der Waals surface area (Å²) in [5.41, 5.74) is 1.92. The average molecular weight is 365 g/mol. The highest BCUT2D eigenvalue weighted by atomic mass is 16.5. The van der Waals surface area contributed by atoms with Gasteiger partial charge in [0.15, 0.2) is 5.78 Å². The van der Waals surface area contributed by atoms with Crippen molar-refractivity contribution < 1.29 is 14.3 Å². The highest BCUT2D eigenvalue weighted by molar-refractivity contribution is 5.97. The molecule has 1 fully saturated rings. The van der Waals surface area contributed by atoms with Crippen molar-refractivity contribution in [3.05, 3.63) is 65.7 Å². The van der Waals surface area contributed by atoms with Gasteiger partial charge in [0.2, 0.25) is 5.91 Å². The number of rotatable bonds is 6. The molecule has 2 aromatic rings. The first-order valence-electron chi connectivity index (χ1n) is 9.67. The first-order chi connectivity index (χ1) is 13.2. The fourth-order valence-electron chi connectivity index (χ4n) is 3.66. The predicted octanol–water partition coefficient (Wildman–Crippen LogP) is 4.45. The SMILES string of the molecule is COc1ccc(C2CCCCN(C(=O)CCC(=O)c3ccccc3)C2)cc1. The molecule has 0 saturated carbocycles. The second-order valence-electron chi connectivity index (χ2n) is 7.09. The third-order valence-corrected chi connectivity index (χ3v) is 5.27. The Morgan fingerprint density at radius 2 is 1.74 bits per heavy atom. The number of nitrogens with zero attached hydrogens (tertiary/aromatic N) is 1. The zero-order chi connectivity index (χ0) is 19.1. The van der Waals surface area contributed by atoms with E-state index in [-0.39, 0.29) is 24.5 Å². The van der Waals surface area contributed by atoms with E-state index in [0.29, 0.717) is 11.5 Å². The number of benzene rings is 2. The molecular formula is C23H27NO3. The molecule has 4 heteroatoms. The highest BCUT2D eigenvalue weighted by Crippen LogP contribution is 2.28. The summed E-state index contributed by atoms with van der Waals surface area (Å²) in [7, 11) is 1.66. The zero-order valence-electron chi connectivity index (χ0n) is 15.9. The average Bonchev–Trinajstić information content (AvgIpc) is 2.99. The summed E-state index contributed by atoms with van der Waals surface area (Å²) in [6, 6.07) is 17.3. The maximum absolute atomic E-state index is 12.7. The van der Waals surface area contributed by atoms with Crippen LogP contribution in [0.1, 0.15) is 53.9 Å². The van der Waals surface area contributed by atoms with Crippen LogP contribution < -0.4 is 4.74 Å². The fourth-order valence-corrected chi connectivity index (χ4v) is 3.66. The maximum atomic E-state index is 12.7. The molecule has 3 rings (SSSR count). The Hall–Kier alpha value is -2.62. The van der Waals surface area contributed by atoms with Gasteiger partial charge in [-0.05, 0) is 30.5 Å². The number of hydrogen-bond acceptors (Lipinski definition) is 3. The number of amides is 1. The van der Waals surface area contributed by atoms with Crippen molar-refractivity contribution in [2.75, 3.05) is 20.2 Å². The Kier molecular flexibility index (Phi) is 6.64. The van der Waals surface area contributed by atoms with Crippen molar-refractivity contribution in [3.8, 4) is 5.75 Å². The number of carbonyl (C=O) groups excluding carboxylic acids is 2. The predicted molar refractivity (Wildman–Crippen MR) is 106 cm³/mol. The lowest BCUT2D eigenvalue weighted by Crippen LogP contribution is -2.34.